The molecule has 0 bridgehead atoms. The van der Waals surface area contributed by atoms with E-state index in [2.05, 4.69) is 4.98 Å². The highest BCUT2D eigenvalue weighted by molar-refractivity contribution is 6.36. The van der Waals surface area contributed by atoms with Crippen molar-refractivity contribution >= 4 is 28.8 Å². The smallest absolute Gasteiger partial charge is 0.152 e. The van der Waals surface area contributed by atoms with Gasteiger partial charge >= 0.3 is 0 Å². The second-order valence-corrected chi connectivity index (χ2v) is 3.56. The SMILES string of the molecule is CCc1[nH]c2cccc(Cl)c2c1C=O. The molecule has 1 N–H and O–H groups in total. The number of hydrogen-bond acceptors (Lipinski definition) is 1. The number of carbonyl (C=O) groups is 1. The first kappa shape index (κ1) is 9.28. The van der Waals surface area contributed by atoms with Gasteiger partial charge in [0.15, 0.2) is 6.29 Å². The molecule has 0 fully saturated rings. The average molecular weight is 208 g/mol. The summed E-state index contributed by atoms with van der Waals surface area (Å²) in [4.78, 5) is 14.1. The number of hydrogen-bond donors (Lipinski definition) is 1. The van der Waals surface area contributed by atoms with E-state index < -0.39 is 0 Å². The molecule has 0 aliphatic rings. The maximum absolute atomic E-state index is 10.9. The number of aromatic amines is 1. The second-order valence-electron chi connectivity index (χ2n) is 3.15. The lowest BCUT2D eigenvalue weighted by Gasteiger charge is -1.94. The maximum atomic E-state index is 10.9. The third-order valence-electron chi connectivity index (χ3n) is 2.37. The molecule has 0 aliphatic heterocycles. The lowest BCUT2D eigenvalue weighted by molar-refractivity contribution is 0.112. The third-order valence-corrected chi connectivity index (χ3v) is 2.68. The number of aromatic nitrogens is 1. The van der Waals surface area contributed by atoms with Gasteiger partial charge in [-0.1, -0.05) is 24.6 Å². The van der Waals surface area contributed by atoms with Gasteiger partial charge < -0.3 is 4.98 Å². The average Bonchev–Trinajstić information content (AvgIpc) is 2.56. The van der Waals surface area contributed by atoms with Crippen molar-refractivity contribution in [2.45, 2.75) is 13.3 Å². The van der Waals surface area contributed by atoms with E-state index in [9.17, 15) is 4.79 Å². The van der Waals surface area contributed by atoms with Gasteiger partial charge in [-0.05, 0) is 18.6 Å². The number of rotatable bonds is 2. The number of carbonyl (C=O) groups excluding carboxylic acids is 1. The van der Waals surface area contributed by atoms with Crippen molar-refractivity contribution in [3.05, 3.63) is 34.5 Å². The van der Waals surface area contributed by atoms with Crippen LogP contribution in [-0.2, 0) is 6.42 Å². The normalized spacial score (nSPS) is 10.7. The molecule has 0 radical (unpaired) electrons. The van der Waals surface area contributed by atoms with Gasteiger partial charge in [-0.25, -0.2) is 0 Å². The fourth-order valence-corrected chi connectivity index (χ4v) is 1.97. The van der Waals surface area contributed by atoms with E-state index in [4.69, 9.17) is 11.6 Å². The molecule has 0 saturated carbocycles. The van der Waals surface area contributed by atoms with Crippen molar-refractivity contribution in [1.29, 1.82) is 0 Å². The second kappa shape index (κ2) is 3.46. The Labute approximate surface area is 86.9 Å². The molecule has 72 valence electrons. The topological polar surface area (TPSA) is 32.9 Å². The third kappa shape index (κ3) is 1.23. The molecule has 1 aromatic carbocycles. The largest absolute Gasteiger partial charge is 0.358 e. The summed E-state index contributed by atoms with van der Waals surface area (Å²) >= 11 is 6.03. The lowest BCUT2D eigenvalue weighted by Crippen LogP contribution is -1.86. The lowest BCUT2D eigenvalue weighted by atomic mass is 10.1. The Morgan fingerprint density at radius 2 is 2.29 bits per heavy atom. The van der Waals surface area contributed by atoms with Gasteiger partial charge in [-0.3, -0.25) is 4.79 Å². The van der Waals surface area contributed by atoms with Crippen molar-refractivity contribution in [1.82, 2.24) is 4.98 Å². The number of fused-ring (bicyclic) bond motifs is 1. The quantitative estimate of drug-likeness (QED) is 0.754. The van der Waals surface area contributed by atoms with E-state index in [1.54, 1.807) is 6.07 Å². The zero-order valence-electron chi connectivity index (χ0n) is 7.80. The summed E-state index contributed by atoms with van der Waals surface area (Å²) in [7, 11) is 0. The molecule has 1 heterocycles. The summed E-state index contributed by atoms with van der Waals surface area (Å²) in [6, 6.07) is 5.59. The van der Waals surface area contributed by atoms with Crippen LogP contribution < -0.4 is 0 Å². The van der Waals surface area contributed by atoms with Crippen LogP contribution in [0.25, 0.3) is 10.9 Å². The predicted molar refractivity (Wildman–Crippen MR) is 58.1 cm³/mol. The zero-order chi connectivity index (χ0) is 10.1. The Morgan fingerprint density at radius 1 is 1.50 bits per heavy atom. The van der Waals surface area contributed by atoms with Crippen LogP contribution in [0, 0.1) is 0 Å². The number of benzene rings is 1. The molecule has 0 atom stereocenters. The molecule has 0 spiro atoms. The highest BCUT2D eigenvalue weighted by Gasteiger charge is 2.11. The van der Waals surface area contributed by atoms with Crippen LogP contribution in [0.15, 0.2) is 18.2 Å². The van der Waals surface area contributed by atoms with Crippen molar-refractivity contribution in [3.8, 4) is 0 Å². The van der Waals surface area contributed by atoms with Crippen LogP contribution in [0.2, 0.25) is 5.02 Å². The summed E-state index contributed by atoms with van der Waals surface area (Å²) in [5, 5.41) is 1.46. The number of aryl methyl sites for hydroxylation is 1. The van der Waals surface area contributed by atoms with E-state index in [1.165, 1.54) is 0 Å². The highest BCUT2D eigenvalue weighted by atomic mass is 35.5. The van der Waals surface area contributed by atoms with Gasteiger partial charge in [-0.2, -0.15) is 0 Å². The molecule has 2 aromatic rings. The molecule has 0 saturated heterocycles. The molecule has 2 rings (SSSR count). The maximum Gasteiger partial charge on any atom is 0.152 e. The predicted octanol–water partition coefficient (Wildman–Crippen LogP) is 3.20. The van der Waals surface area contributed by atoms with Crippen molar-refractivity contribution in [2.24, 2.45) is 0 Å². The zero-order valence-corrected chi connectivity index (χ0v) is 8.56. The van der Waals surface area contributed by atoms with Gasteiger partial charge in [0.1, 0.15) is 0 Å². The fourth-order valence-electron chi connectivity index (χ4n) is 1.69. The monoisotopic (exact) mass is 207 g/mol. The summed E-state index contributed by atoms with van der Waals surface area (Å²) in [5.74, 6) is 0. The summed E-state index contributed by atoms with van der Waals surface area (Å²) < 4.78 is 0. The van der Waals surface area contributed by atoms with Crippen LogP contribution in [-0.4, -0.2) is 11.3 Å². The van der Waals surface area contributed by atoms with E-state index in [-0.39, 0.29) is 0 Å². The van der Waals surface area contributed by atoms with Crippen molar-refractivity contribution in [2.75, 3.05) is 0 Å². The number of nitrogens with one attached hydrogen (secondary N) is 1. The fraction of sp³-hybridized carbons (Fsp3) is 0.182. The summed E-state index contributed by atoms with van der Waals surface area (Å²) in [6.07, 6.45) is 1.67. The summed E-state index contributed by atoms with van der Waals surface area (Å²) in [5.41, 5.74) is 2.56. The first-order valence-electron chi connectivity index (χ1n) is 4.52. The molecule has 0 amide bonds. The number of halogens is 1. The van der Waals surface area contributed by atoms with Crippen LogP contribution in [0.4, 0.5) is 0 Å². The van der Waals surface area contributed by atoms with Crippen LogP contribution in [0.5, 0.6) is 0 Å². The Balaban J connectivity index is 2.88. The minimum absolute atomic E-state index is 0.626. The van der Waals surface area contributed by atoms with Crippen LogP contribution in [0.1, 0.15) is 23.0 Å². The Kier molecular flexibility index (Phi) is 2.30. The highest BCUT2D eigenvalue weighted by Crippen LogP contribution is 2.28. The van der Waals surface area contributed by atoms with Gasteiger partial charge in [-0.15, -0.1) is 0 Å². The first-order valence-corrected chi connectivity index (χ1v) is 4.90. The number of H-pyrrole nitrogens is 1. The molecule has 3 heteroatoms. The van der Waals surface area contributed by atoms with Crippen molar-refractivity contribution in [3.63, 3.8) is 0 Å². The standard InChI is InChI=1S/C11H10ClNO/c1-2-9-7(6-14)11-8(12)4-3-5-10(11)13-9/h3-6,13H,2H2,1H3. The van der Waals surface area contributed by atoms with E-state index in [0.29, 0.717) is 10.6 Å². The number of aldehydes is 1. The molecule has 0 unspecified atom stereocenters. The molecule has 0 aliphatic carbocycles. The Hall–Kier alpha value is -1.28. The first-order chi connectivity index (χ1) is 6.77. The summed E-state index contributed by atoms with van der Waals surface area (Å²) in [6.45, 7) is 2.01. The molecular weight excluding hydrogens is 198 g/mol. The molecular formula is C11H10ClNO. The Morgan fingerprint density at radius 3 is 2.93 bits per heavy atom. The van der Waals surface area contributed by atoms with Crippen LogP contribution >= 0.6 is 11.6 Å². The van der Waals surface area contributed by atoms with E-state index in [0.717, 1.165) is 29.3 Å². The molecule has 14 heavy (non-hydrogen) atoms. The minimum atomic E-state index is 0.626. The van der Waals surface area contributed by atoms with E-state index in [1.807, 2.05) is 19.1 Å². The molecule has 1 aromatic heterocycles. The van der Waals surface area contributed by atoms with Crippen LogP contribution in [0.3, 0.4) is 0 Å². The molecule has 2 nitrogen and oxygen atoms in total. The minimum Gasteiger partial charge on any atom is -0.358 e. The van der Waals surface area contributed by atoms with Gasteiger partial charge in [0, 0.05) is 22.2 Å². The van der Waals surface area contributed by atoms with E-state index >= 15 is 0 Å². The Bertz CT molecular complexity index is 487. The van der Waals surface area contributed by atoms with Gasteiger partial charge in [0.25, 0.3) is 0 Å². The van der Waals surface area contributed by atoms with Gasteiger partial charge in [0.2, 0.25) is 0 Å². The van der Waals surface area contributed by atoms with Gasteiger partial charge in [0.05, 0.1) is 5.02 Å². The van der Waals surface area contributed by atoms with Crippen molar-refractivity contribution < 1.29 is 4.79 Å².